The van der Waals surface area contributed by atoms with E-state index in [1.54, 1.807) is 27.0 Å². The van der Waals surface area contributed by atoms with Gasteiger partial charge >= 0.3 is 5.97 Å². The summed E-state index contributed by atoms with van der Waals surface area (Å²) in [4.78, 5) is 11.4. The molecule has 1 rings (SSSR count). The molecule has 0 fully saturated rings. The highest BCUT2D eigenvalue weighted by Gasteiger charge is 2.38. The van der Waals surface area contributed by atoms with Crippen LogP contribution in [0.5, 0.6) is 5.75 Å². The van der Waals surface area contributed by atoms with Gasteiger partial charge in [-0.3, -0.25) is 4.79 Å². The highest BCUT2D eigenvalue weighted by atomic mass is 32.2. The summed E-state index contributed by atoms with van der Waals surface area (Å²) >= 11 is 1.27. The van der Waals surface area contributed by atoms with Gasteiger partial charge in [0.2, 0.25) is 10.0 Å². The summed E-state index contributed by atoms with van der Waals surface area (Å²) in [5.41, 5.74) is 0. The molecule has 0 aliphatic rings. The average Bonchev–Trinajstić information content (AvgIpc) is 2.53. The largest absolute Gasteiger partial charge is 0.481 e. The van der Waals surface area contributed by atoms with Gasteiger partial charge in [-0.1, -0.05) is 5.92 Å². The second-order valence-electron chi connectivity index (χ2n) is 5.39. The van der Waals surface area contributed by atoms with Crippen LogP contribution in [0.1, 0.15) is 20.8 Å². The summed E-state index contributed by atoms with van der Waals surface area (Å²) in [5, 5.41) is 9.34. The number of hydrogen-bond acceptors (Lipinski definition) is 5. The Hall–Kier alpha value is -1.69. The second kappa shape index (κ2) is 8.42. The number of ether oxygens (including phenoxy) is 1. The maximum atomic E-state index is 12.4. The number of carboxylic acid groups (broad SMARTS) is 1. The maximum Gasteiger partial charge on any atom is 0.323 e. The van der Waals surface area contributed by atoms with Crippen molar-refractivity contribution in [2.45, 2.75) is 36.5 Å². The molecule has 1 aromatic rings. The Morgan fingerprint density at radius 3 is 2.42 bits per heavy atom. The lowest BCUT2D eigenvalue weighted by Gasteiger charge is -2.29. The lowest BCUT2D eigenvalue weighted by atomic mass is 10.1. The minimum atomic E-state index is -3.97. The highest BCUT2D eigenvalue weighted by Crippen LogP contribution is 2.27. The van der Waals surface area contributed by atoms with Crippen LogP contribution in [0.2, 0.25) is 0 Å². The van der Waals surface area contributed by atoms with Gasteiger partial charge in [-0.25, -0.2) is 8.42 Å². The molecule has 0 aliphatic heterocycles. The van der Waals surface area contributed by atoms with E-state index in [2.05, 4.69) is 16.6 Å². The van der Waals surface area contributed by atoms with Crippen molar-refractivity contribution in [3.8, 4) is 17.6 Å². The Bertz CT molecular complexity index is 730. The summed E-state index contributed by atoms with van der Waals surface area (Å²) in [7, 11) is -3.97. The molecule has 0 amide bonds. The van der Waals surface area contributed by atoms with Crippen molar-refractivity contribution in [1.29, 1.82) is 0 Å². The molecule has 0 heterocycles. The van der Waals surface area contributed by atoms with Gasteiger partial charge in [0, 0.05) is 4.75 Å². The minimum Gasteiger partial charge on any atom is -0.481 e. The number of nitrogens with one attached hydrogen (secondary N) is 1. The number of aliphatic carboxylic acids is 1. The van der Waals surface area contributed by atoms with E-state index >= 15 is 0 Å². The fraction of sp³-hybridized carbons (Fsp3) is 0.438. The van der Waals surface area contributed by atoms with Crippen LogP contribution in [0.3, 0.4) is 0 Å². The van der Waals surface area contributed by atoms with Gasteiger partial charge < -0.3 is 9.84 Å². The van der Waals surface area contributed by atoms with Crippen molar-refractivity contribution in [3.05, 3.63) is 24.3 Å². The summed E-state index contributed by atoms with van der Waals surface area (Å²) in [5.74, 6) is 4.68. The topological polar surface area (TPSA) is 92.7 Å². The fourth-order valence-corrected chi connectivity index (χ4v) is 3.54. The molecule has 0 saturated heterocycles. The third-order valence-corrected chi connectivity index (χ3v) is 6.09. The molecule has 1 unspecified atom stereocenters. The van der Waals surface area contributed by atoms with Crippen LogP contribution in [0.4, 0.5) is 0 Å². The van der Waals surface area contributed by atoms with Crippen molar-refractivity contribution in [1.82, 2.24) is 4.72 Å². The molecular weight excluding hydrogens is 350 g/mol. The Labute approximate surface area is 147 Å². The van der Waals surface area contributed by atoms with Crippen LogP contribution < -0.4 is 9.46 Å². The standard InChI is InChI=1S/C16H21NO5S2/c1-5-6-11-22-12-7-9-13(10-8-12)24(20,21)17-14(15(18)19)16(2,3)23-4/h7-10,14,17H,11H2,1-4H3,(H,18,19). The lowest BCUT2D eigenvalue weighted by Crippen LogP contribution is -2.52. The van der Waals surface area contributed by atoms with E-state index in [0.29, 0.717) is 5.75 Å². The molecule has 0 aliphatic carbocycles. The molecule has 0 saturated carbocycles. The first-order valence-electron chi connectivity index (χ1n) is 7.07. The van der Waals surface area contributed by atoms with Crippen LogP contribution in [-0.4, -0.2) is 43.1 Å². The molecule has 8 heteroatoms. The number of hydrogen-bond donors (Lipinski definition) is 2. The quantitative estimate of drug-likeness (QED) is 0.679. The van der Waals surface area contributed by atoms with E-state index in [-0.39, 0.29) is 11.5 Å². The SMILES string of the molecule is CC#CCOc1ccc(S(=O)(=O)NC(C(=O)O)C(C)(C)SC)cc1. The number of carboxylic acids is 1. The van der Waals surface area contributed by atoms with Gasteiger partial charge in [-0.2, -0.15) is 16.5 Å². The number of thioether (sulfide) groups is 1. The third kappa shape index (κ3) is 5.44. The number of carbonyl (C=O) groups is 1. The van der Waals surface area contributed by atoms with Crippen molar-refractivity contribution in [2.24, 2.45) is 0 Å². The molecular formula is C16H21NO5S2. The normalized spacial score (nSPS) is 12.8. The third-order valence-electron chi connectivity index (χ3n) is 3.36. The smallest absolute Gasteiger partial charge is 0.323 e. The predicted molar refractivity (Wildman–Crippen MR) is 94.7 cm³/mol. The summed E-state index contributed by atoms with van der Waals surface area (Å²) in [6, 6.07) is 4.47. The maximum absolute atomic E-state index is 12.4. The van der Waals surface area contributed by atoms with Gasteiger partial charge in [0.05, 0.1) is 4.90 Å². The summed E-state index contributed by atoms with van der Waals surface area (Å²) < 4.78 is 31.6. The van der Waals surface area contributed by atoms with Gasteiger partial charge in [0.25, 0.3) is 0 Å². The molecule has 1 aromatic carbocycles. The molecule has 1 atom stereocenters. The van der Waals surface area contributed by atoms with Crippen LogP contribution in [0.25, 0.3) is 0 Å². The van der Waals surface area contributed by atoms with E-state index in [0.717, 1.165) is 0 Å². The van der Waals surface area contributed by atoms with Crippen molar-refractivity contribution in [3.63, 3.8) is 0 Å². The Kier molecular flexibility index (Phi) is 7.14. The first-order valence-corrected chi connectivity index (χ1v) is 9.77. The first kappa shape index (κ1) is 20.4. The van der Waals surface area contributed by atoms with Gasteiger partial charge in [0.1, 0.15) is 18.4 Å². The number of rotatable bonds is 8. The van der Waals surface area contributed by atoms with Gasteiger partial charge in [-0.15, -0.1) is 5.92 Å². The van der Waals surface area contributed by atoms with Gasteiger partial charge in [-0.05, 0) is 51.3 Å². The van der Waals surface area contributed by atoms with Crippen LogP contribution >= 0.6 is 11.8 Å². The molecule has 0 spiro atoms. The van der Waals surface area contributed by atoms with E-state index in [1.165, 1.54) is 36.0 Å². The van der Waals surface area contributed by atoms with E-state index in [4.69, 9.17) is 4.74 Å². The summed E-state index contributed by atoms with van der Waals surface area (Å²) in [6.07, 6.45) is 1.73. The molecule has 0 bridgehead atoms. The van der Waals surface area contributed by atoms with Crippen molar-refractivity contribution >= 4 is 27.8 Å². The van der Waals surface area contributed by atoms with E-state index < -0.39 is 26.8 Å². The van der Waals surface area contributed by atoms with Crippen molar-refractivity contribution in [2.75, 3.05) is 12.9 Å². The zero-order valence-corrected chi connectivity index (χ0v) is 15.6. The molecule has 2 N–H and O–H groups in total. The summed E-state index contributed by atoms with van der Waals surface area (Å²) in [6.45, 7) is 5.25. The van der Waals surface area contributed by atoms with E-state index in [9.17, 15) is 18.3 Å². The monoisotopic (exact) mass is 371 g/mol. The zero-order valence-electron chi connectivity index (χ0n) is 14.0. The Morgan fingerprint density at radius 1 is 1.38 bits per heavy atom. The van der Waals surface area contributed by atoms with Crippen LogP contribution in [-0.2, 0) is 14.8 Å². The van der Waals surface area contributed by atoms with Crippen LogP contribution in [0.15, 0.2) is 29.2 Å². The van der Waals surface area contributed by atoms with Gasteiger partial charge in [0.15, 0.2) is 0 Å². The first-order chi connectivity index (χ1) is 11.1. The Morgan fingerprint density at radius 2 is 1.96 bits per heavy atom. The molecule has 24 heavy (non-hydrogen) atoms. The van der Waals surface area contributed by atoms with Crippen molar-refractivity contribution < 1.29 is 23.1 Å². The fourth-order valence-electron chi connectivity index (χ4n) is 1.74. The highest BCUT2D eigenvalue weighted by molar-refractivity contribution is 8.00. The average molecular weight is 371 g/mol. The van der Waals surface area contributed by atoms with Crippen LogP contribution in [0, 0.1) is 11.8 Å². The molecule has 6 nitrogen and oxygen atoms in total. The number of sulfonamides is 1. The molecule has 132 valence electrons. The number of benzene rings is 1. The zero-order chi connectivity index (χ0) is 18.4. The minimum absolute atomic E-state index is 0.0282. The molecule has 0 aromatic heterocycles. The second-order valence-corrected chi connectivity index (χ2v) is 8.56. The lowest BCUT2D eigenvalue weighted by molar-refractivity contribution is -0.139. The Balaban J connectivity index is 2.98. The van der Waals surface area contributed by atoms with E-state index in [1.807, 2.05) is 0 Å². The predicted octanol–water partition coefficient (Wildman–Crippen LogP) is 1.96. The molecule has 0 radical (unpaired) electrons.